The number of fused-ring (bicyclic) bond motifs is 1. The van der Waals surface area contributed by atoms with E-state index < -0.39 is 17.6 Å². The van der Waals surface area contributed by atoms with Gasteiger partial charge in [-0.15, -0.1) is 0 Å². The minimum Gasteiger partial charge on any atom is -0.497 e. The highest BCUT2D eigenvalue weighted by atomic mass is 19.1. The Kier molecular flexibility index (Phi) is 5.18. The molecule has 0 bridgehead atoms. The van der Waals surface area contributed by atoms with E-state index in [-0.39, 0.29) is 12.0 Å². The first kappa shape index (κ1) is 18.1. The molecule has 7 heteroatoms. The molecule has 136 valence electrons. The number of pyridine rings is 1. The minimum absolute atomic E-state index is 0.0408. The average molecular weight is 365 g/mol. The summed E-state index contributed by atoms with van der Waals surface area (Å²) >= 11 is 0. The number of nitriles is 1. The third kappa shape index (κ3) is 4.12. The van der Waals surface area contributed by atoms with E-state index in [1.807, 2.05) is 6.07 Å². The van der Waals surface area contributed by atoms with Crippen LogP contribution in [0.15, 0.2) is 53.3 Å². The number of carbonyl (C=O) groups is 1. The SMILES string of the molecule is COc1ccc2cc(CC(C#N)C(=O)Nc3ccc(F)cc3)c(=O)[nH]c2c1. The van der Waals surface area contributed by atoms with E-state index >= 15 is 0 Å². The third-order valence-corrected chi connectivity index (χ3v) is 4.14. The van der Waals surface area contributed by atoms with E-state index in [1.54, 1.807) is 24.3 Å². The largest absolute Gasteiger partial charge is 0.497 e. The molecule has 3 rings (SSSR count). The molecule has 0 aliphatic rings. The Balaban J connectivity index is 1.82. The maximum absolute atomic E-state index is 12.9. The van der Waals surface area contributed by atoms with E-state index in [2.05, 4.69) is 10.3 Å². The normalized spacial score (nSPS) is 11.6. The summed E-state index contributed by atoms with van der Waals surface area (Å²) in [6.07, 6.45) is -0.0408. The van der Waals surface area contributed by atoms with Crippen LogP contribution in [0.3, 0.4) is 0 Å². The first-order chi connectivity index (χ1) is 13.0. The number of ether oxygens (including phenoxy) is 1. The Hall–Kier alpha value is -3.66. The van der Waals surface area contributed by atoms with Gasteiger partial charge in [-0.05, 0) is 47.9 Å². The molecule has 2 aromatic carbocycles. The van der Waals surface area contributed by atoms with Gasteiger partial charge >= 0.3 is 0 Å². The van der Waals surface area contributed by atoms with Crippen LogP contribution in [-0.4, -0.2) is 18.0 Å². The smallest absolute Gasteiger partial charge is 0.251 e. The van der Waals surface area contributed by atoms with Crippen LogP contribution in [0.1, 0.15) is 5.56 Å². The van der Waals surface area contributed by atoms with Gasteiger partial charge in [0.2, 0.25) is 5.91 Å². The Morgan fingerprint density at radius 3 is 2.67 bits per heavy atom. The molecule has 27 heavy (non-hydrogen) atoms. The van der Waals surface area contributed by atoms with E-state index in [4.69, 9.17) is 4.74 Å². The molecule has 0 aliphatic carbocycles. The van der Waals surface area contributed by atoms with Crippen LogP contribution in [-0.2, 0) is 11.2 Å². The van der Waals surface area contributed by atoms with Gasteiger partial charge < -0.3 is 15.0 Å². The number of hydrogen-bond donors (Lipinski definition) is 2. The maximum atomic E-state index is 12.9. The van der Waals surface area contributed by atoms with Gasteiger partial charge in [0.1, 0.15) is 17.5 Å². The van der Waals surface area contributed by atoms with Crippen LogP contribution >= 0.6 is 0 Å². The molecular weight excluding hydrogens is 349 g/mol. The van der Waals surface area contributed by atoms with Gasteiger partial charge in [0.05, 0.1) is 18.7 Å². The van der Waals surface area contributed by atoms with Crippen molar-refractivity contribution in [2.75, 3.05) is 12.4 Å². The number of H-pyrrole nitrogens is 1. The first-order valence-corrected chi connectivity index (χ1v) is 8.16. The number of benzene rings is 2. The van der Waals surface area contributed by atoms with Gasteiger partial charge in [-0.25, -0.2) is 4.39 Å². The van der Waals surface area contributed by atoms with Gasteiger partial charge in [0, 0.05) is 23.7 Å². The summed E-state index contributed by atoms with van der Waals surface area (Å²) in [5.41, 5.74) is 0.938. The quantitative estimate of drug-likeness (QED) is 0.727. The van der Waals surface area contributed by atoms with Crippen LogP contribution in [0, 0.1) is 23.1 Å². The molecule has 1 amide bonds. The topological polar surface area (TPSA) is 95.0 Å². The van der Waals surface area contributed by atoms with Crippen molar-refractivity contribution in [2.24, 2.45) is 5.92 Å². The molecule has 0 aliphatic heterocycles. The highest BCUT2D eigenvalue weighted by molar-refractivity contribution is 5.94. The molecular formula is C20H16FN3O3. The summed E-state index contributed by atoms with van der Waals surface area (Å²) in [7, 11) is 1.53. The number of anilines is 1. The molecule has 0 fully saturated rings. The fraction of sp³-hybridized carbons (Fsp3) is 0.150. The summed E-state index contributed by atoms with van der Waals surface area (Å²) < 4.78 is 18.1. The molecule has 1 heterocycles. The standard InChI is InChI=1S/C20H16FN3O3/c1-27-17-7-2-12-8-13(19(25)24-18(12)10-17)9-14(11-22)20(26)23-16-5-3-15(21)4-6-16/h2-8,10,14H,9H2,1H3,(H,23,26)(H,24,25). The molecule has 0 spiro atoms. The second kappa shape index (κ2) is 7.70. The van der Waals surface area contributed by atoms with Gasteiger partial charge in [-0.3, -0.25) is 9.59 Å². The summed E-state index contributed by atoms with van der Waals surface area (Å²) in [5, 5.41) is 12.7. The number of carbonyl (C=O) groups excluding carboxylic acids is 1. The van der Waals surface area contributed by atoms with Crippen molar-refractivity contribution in [1.82, 2.24) is 4.98 Å². The lowest BCUT2D eigenvalue weighted by atomic mass is 9.99. The van der Waals surface area contributed by atoms with Crippen LogP contribution < -0.4 is 15.6 Å². The molecule has 1 unspecified atom stereocenters. The molecule has 0 saturated carbocycles. The Labute approximate surface area is 154 Å². The molecule has 0 radical (unpaired) electrons. The van der Waals surface area contributed by atoms with E-state index in [1.165, 1.54) is 31.4 Å². The van der Waals surface area contributed by atoms with Crippen LogP contribution in [0.2, 0.25) is 0 Å². The second-order valence-electron chi connectivity index (χ2n) is 5.96. The van der Waals surface area contributed by atoms with Gasteiger partial charge in [0.25, 0.3) is 5.56 Å². The molecule has 0 saturated heterocycles. The van der Waals surface area contributed by atoms with Crippen LogP contribution in [0.5, 0.6) is 5.75 Å². The second-order valence-corrected chi connectivity index (χ2v) is 5.96. The lowest BCUT2D eigenvalue weighted by Gasteiger charge is -2.11. The zero-order chi connectivity index (χ0) is 19.4. The molecule has 6 nitrogen and oxygen atoms in total. The van der Waals surface area contributed by atoms with Crippen molar-refractivity contribution in [3.8, 4) is 11.8 Å². The monoisotopic (exact) mass is 365 g/mol. The van der Waals surface area contributed by atoms with E-state index in [0.717, 1.165) is 5.39 Å². The Bertz CT molecular complexity index is 1080. The van der Waals surface area contributed by atoms with Crippen molar-refractivity contribution < 1.29 is 13.9 Å². The first-order valence-electron chi connectivity index (χ1n) is 8.16. The summed E-state index contributed by atoms with van der Waals surface area (Å²) in [6.45, 7) is 0. The van der Waals surface area contributed by atoms with Crippen LogP contribution in [0.4, 0.5) is 10.1 Å². The number of halogens is 1. The number of nitrogens with zero attached hydrogens (tertiary/aromatic N) is 1. The van der Waals surface area contributed by atoms with Crippen molar-refractivity contribution >= 4 is 22.5 Å². The number of methoxy groups -OCH3 is 1. The molecule has 2 N–H and O–H groups in total. The molecule has 1 aromatic heterocycles. The maximum Gasteiger partial charge on any atom is 0.251 e. The summed E-state index contributed by atoms with van der Waals surface area (Å²) in [5.74, 6) is -1.44. The Morgan fingerprint density at radius 1 is 1.26 bits per heavy atom. The van der Waals surface area contributed by atoms with Gasteiger partial charge in [0.15, 0.2) is 0 Å². The van der Waals surface area contributed by atoms with E-state index in [0.29, 0.717) is 22.5 Å². The zero-order valence-electron chi connectivity index (χ0n) is 14.5. The van der Waals surface area contributed by atoms with Gasteiger partial charge in [-0.1, -0.05) is 0 Å². The van der Waals surface area contributed by atoms with Crippen molar-refractivity contribution in [2.45, 2.75) is 6.42 Å². The summed E-state index contributed by atoms with van der Waals surface area (Å²) in [6, 6.07) is 14.0. The van der Waals surface area contributed by atoms with Crippen molar-refractivity contribution in [3.63, 3.8) is 0 Å². The number of aromatic nitrogens is 1. The van der Waals surface area contributed by atoms with Crippen molar-refractivity contribution in [3.05, 3.63) is 70.3 Å². The number of amides is 1. The number of hydrogen-bond acceptors (Lipinski definition) is 4. The zero-order valence-corrected chi connectivity index (χ0v) is 14.5. The van der Waals surface area contributed by atoms with Gasteiger partial charge in [-0.2, -0.15) is 5.26 Å². The predicted octanol–water partition coefficient (Wildman–Crippen LogP) is 3.00. The number of aromatic amines is 1. The summed E-state index contributed by atoms with van der Waals surface area (Å²) in [4.78, 5) is 27.4. The number of nitrogens with one attached hydrogen (secondary N) is 2. The van der Waals surface area contributed by atoms with Crippen molar-refractivity contribution in [1.29, 1.82) is 5.26 Å². The van der Waals surface area contributed by atoms with E-state index in [9.17, 15) is 19.2 Å². The number of rotatable bonds is 5. The fourth-order valence-electron chi connectivity index (χ4n) is 2.68. The lowest BCUT2D eigenvalue weighted by molar-refractivity contribution is -0.118. The third-order valence-electron chi connectivity index (χ3n) is 4.14. The minimum atomic E-state index is -1.06. The highest BCUT2D eigenvalue weighted by Gasteiger charge is 2.20. The molecule has 1 atom stereocenters. The molecule has 3 aromatic rings. The fourth-order valence-corrected chi connectivity index (χ4v) is 2.68. The average Bonchev–Trinajstić information content (AvgIpc) is 2.67. The lowest BCUT2D eigenvalue weighted by Crippen LogP contribution is -2.26. The predicted molar refractivity (Wildman–Crippen MR) is 99.0 cm³/mol. The highest BCUT2D eigenvalue weighted by Crippen LogP contribution is 2.20. The Morgan fingerprint density at radius 2 is 2.00 bits per heavy atom. The van der Waals surface area contributed by atoms with Crippen LogP contribution in [0.25, 0.3) is 10.9 Å².